The quantitative estimate of drug-likeness (QED) is 0.397. The van der Waals surface area contributed by atoms with Crippen LogP contribution in [-0.4, -0.2) is 0 Å². The summed E-state index contributed by atoms with van der Waals surface area (Å²) in [6.45, 7) is 2.03. The molecular weight excluding hydrogens is 281 g/mol. The van der Waals surface area contributed by atoms with Gasteiger partial charge in [0.15, 0.2) is 0 Å². The third-order valence-corrected chi connectivity index (χ3v) is 2.05. The van der Waals surface area contributed by atoms with Crippen LogP contribution in [0.1, 0.15) is 5.56 Å². The Bertz CT molecular complexity index is 313. The number of hydrogen-bond donors (Lipinski definition) is 0. The van der Waals surface area contributed by atoms with Crippen molar-refractivity contribution in [3.8, 4) is 0 Å². The molecule has 0 aliphatic rings. The van der Waals surface area contributed by atoms with Crippen molar-refractivity contribution in [3.05, 3.63) is 66.2 Å². The molecule has 1 atom stereocenters. The van der Waals surface area contributed by atoms with E-state index in [0.717, 1.165) is 0 Å². The summed E-state index contributed by atoms with van der Waals surface area (Å²) in [4.78, 5) is 0. The molecule has 3 heteroatoms. The molecule has 16 heavy (non-hydrogen) atoms. The molecule has 2 aromatic rings. The van der Waals surface area contributed by atoms with Gasteiger partial charge in [-0.25, -0.2) is 0 Å². The molecule has 0 nitrogen and oxygen atoms in total. The maximum Gasteiger partial charge on any atom is 0 e. The molecule has 0 aromatic heterocycles. The number of hydrogen-bond acceptors (Lipinski definition) is 0. The van der Waals surface area contributed by atoms with Crippen LogP contribution >= 0.6 is 21.6 Å². The summed E-state index contributed by atoms with van der Waals surface area (Å²) in [7, 11) is 2.63. The van der Waals surface area contributed by atoms with Crippen molar-refractivity contribution in [2.75, 3.05) is 0 Å². The summed E-state index contributed by atoms with van der Waals surface area (Å²) in [5.41, 5.74) is 1.20. The molecule has 0 fully saturated rings. The van der Waals surface area contributed by atoms with Crippen LogP contribution < -0.4 is 5.30 Å². The molecular formula is C13H15ClNiP-. The maximum atomic E-state index is 3.03. The van der Waals surface area contributed by atoms with Gasteiger partial charge in [0.05, 0.1) is 0 Å². The molecule has 2 aromatic carbocycles. The topological polar surface area (TPSA) is 0 Å². The van der Waals surface area contributed by atoms with E-state index >= 15 is 0 Å². The molecule has 1 unspecified atom stereocenters. The van der Waals surface area contributed by atoms with Crippen molar-refractivity contribution in [3.63, 3.8) is 0 Å². The molecule has 0 amide bonds. The Morgan fingerprint density at radius 3 is 1.75 bits per heavy atom. The summed E-state index contributed by atoms with van der Waals surface area (Å²) < 4.78 is 0. The van der Waals surface area contributed by atoms with Crippen molar-refractivity contribution in [1.29, 1.82) is 0 Å². The smallest absolute Gasteiger partial charge is 0 e. The van der Waals surface area contributed by atoms with Gasteiger partial charge in [0.25, 0.3) is 0 Å². The number of rotatable bonds is 0. The van der Waals surface area contributed by atoms with Gasteiger partial charge in [0, 0.05) is 16.5 Å². The summed E-state index contributed by atoms with van der Waals surface area (Å²) in [5, 5.41) is 1.24. The van der Waals surface area contributed by atoms with Gasteiger partial charge in [0.1, 0.15) is 0 Å². The van der Waals surface area contributed by atoms with E-state index in [1.54, 1.807) is 0 Å². The maximum absolute atomic E-state index is 3.03. The Labute approximate surface area is 116 Å². The molecule has 0 aliphatic carbocycles. The van der Waals surface area contributed by atoms with E-state index in [1.165, 1.54) is 10.9 Å². The van der Waals surface area contributed by atoms with Gasteiger partial charge in [-0.3, -0.25) is 0 Å². The first-order chi connectivity index (χ1) is 6.79. The van der Waals surface area contributed by atoms with Crippen molar-refractivity contribution < 1.29 is 16.5 Å². The molecule has 2 rings (SSSR count). The minimum atomic E-state index is 0. The van der Waals surface area contributed by atoms with Crippen LogP contribution in [0.3, 0.4) is 0 Å². The van der Waals surface area contributed by atoms with Crippen LogP contribution in [0.15, 0.2) is 54.6 Å². The largest absolute Gasteiger partial charge is 0.181 e. The molecule has 0 bridgehead atoms. The minimum Gasteiger partial charge on any atom is -0.181 e. The molecule has 0 saturated carbocycles. The predicted molar refractivity (Wildman–Crippen MR) is 73.0 cm³/mol. The Morgan fingerprint density at radius 1 is 0.938 bits per heavy atom. The summed E-state index contributed by atoms with van der Waals surface area (Å²) in [6, 6.07) is 21.1. The van der Waals surface area contributed by atoms with Gasteiger partial charge in [-0.2, -0.15) is 35.9 Å². The first kappa shape index (κ1) is 18.0. The van der Waals surface area contributed by atoms with E-state index in [9.17, 15) is 0 Å². The number of benzene rings is 2. The molecule has 0 N–H and O–H groups in total. The van der Waals surface area contributed by atoms with Crippen molar-refractivity contribution in [2.45, 2.75) is 6.92 Å². The Morgan fingerprint density at radius 2 is 1.50 bits per heavy atom. The van der Waals surface area contributed by atoms with Gasteiger partial charge in [-0.1, -0.05) is 37.3 Å². The Kier molecular flexibility index (Phi) is 12.6. The zero-order chi connectivity index (χ0) is 10.2. The monoisotopic (exact) mass is 295 g/mol. The van der Waals surface area contributed by atoms with Crippen LogP contribution in [0.5, 0.6) is 0 Å². The summed E-state index contributed by atoms with van der Waals surface area (Å²) in [6.07, 6.45) is 0. The molecule has 0 spiro atoms. The molecule has 0 saturated heterocycles. The summed E-state index contributed by atoms with van der Waals surface area (Å²) >= 11 is 0. The number of halogens is 1. The fourth-order valence-electron chi connectivity index (χ4n) is 0.936. The third kappa shape index (κ3) is 8.92. The SMILES string of the molecule is Cc1[c-]cccc1.Cl.Pc1ccccc1.[Ni]. The van der Waals surface area contributed by atoms with Crippen LogP contribution in [0.2, 0.25) is 0 Å². The van der Waals surface area contributed by atoms with Crippen molar-refractivity contribution >= 4 is 27.0 Å². The first-order valence-electron chi connectivity index (χ1n) is 4.53. The summed E-state index contributed by atoms with van der Waals surface area (Å²) in [5.74, 6) is 0. The van der Waals surface area contributed by atoms with Gasteiger partial charge in [0.2, 0.25) is 0 Å². The second-order valence-electron chi connectivity index (χ2n) is 2.96. The van der Waals surface area contributed by atoms with Crippen molar-refractivity contribution in [2.24, 2.45) is 0 Å². The zero-order valence-corrected chi connectivity index (χ0v) is 12.0. The minimum absolute atomic E-state index is 0. The van der Waals surface area contributed by atoms with Crippen LogP contribution in [0, 0.1) is 13.0 Å². The second kappa shape index (κ2) is 11.1. The van der Waals surface area contributed by atoms with E-state index in [1.807, 2.05) is 61.5 Å². The average molecular weight is 296 g/mol. The molecule has 0 aliphatic heterocycles. The van der Waals surface area contributed by atoms with Gasteiger partial charge in [-0.05, 0) is 5.30 Å². The van der Waals surface area contributed by atoms with Gasteiger partial charge < -0.3 is 0 Å². The Hall–Kier alpha value is -0.346. The van der Waals surface area contributed by atoms with Gasteiger partial charge >= 0.3 is 0 Å². The van der Waals surface area contributed by atoms with Crippen LogP contribution in [0.25, 0.3) is 0 Å². The number of aryl methyl sites for hydroxylation is 1. The van der Waals surface area contributed by atoms with Crippen molar-refractivity contribution in [1.82, 2.24) is 0 Å². The zero-order valence-electron chi connectivity index (χ0n) is 9.00. The van der Waals surface area contributed by atoms with E-state index < -0.39 is 0 Å². The van der Waals surface area contributed by atoms with Crippen LogP contribution in [-0.2, 0) is 16.5 Å². The standard InChI is InChI=1S/C7H7.C6H7P.ClH.Ni/c1-7-5-3-2-4-6-7;7-6-4-2-1-3-5-6;;/h2-5H,1H3;1-5H,7H2;1H;/q-1;;;. The molecule has 0 radical (unpaired) electrons. The molecule has 90 valence electrons. The third-order valence-electron chi connectivity index (χ3n) is 1.66. The fraction of sp³-hybridized carbons (Fsp3) is 0.0769. The van der Waals surface area contributed by atoms with Gasteiger partial charge in [-0.15, -0.1) is 21.6 Å². The van der Waals surface area contributed by atoms with E-state index in [0.29, 0.717) is 0 Å². The normalized spacial score (nSPS) is 7.62. The van der Waals surface area contributed by atoms with Crippen LogP contribution in [0.4, 0.5) is 0 Å². The Balaban J connectivity index is 0. The second-order valence-corrected chi connectivity index (χ2v) is 3.62. The van der Waals surface area contributed by atoms with E-state index in [4.69, 9.17) is 0 Å². The molecule has 0 heterocycles. The first-order valence-corrected chi connectivity index (χ1v) is 5.10. The van der Waals surface area contributed by atoms with E-state index in [2.05, 4.69) is 15.3 Å². The fourth-order valence-corrected chi connectivity index (χ4v) is 1.16. The van der Waals surface area contributed by atoms with E-state index in [-0.39, 0.29) is 28.9 Å². The average Bonchev–Trinajstić information content (AvgIpc) is 2.21. The predicted octanol–water partition coefficient (Wildman–Crippen LogP) is 3.40.